The van der Waals surface area contributed by atoms with Gasteiger partial charge in [0.05, 0.1) is 27.7 Å². The highest BCUT2D eigenvalue weighted by Gasteiger charge is 2.55. The minimum absolute atomic E-state index is 0.0217. The van der Waals surface area contributed by atoms with Gasteiger partial charge in [0.25, 0.3) is 23.6 Å². The molecule has 1 aromatic carbocycles. The van der Waals surface area contributed by atoms with Gasteiger partial charge in [0, 0.05) is 11.1 Å². The summed E-state index contributed by atoms with van der Waals surface area (Å²) in [6, 6.07) is -1.27. The average molecular weight is 716 g/mol. The Kier molecular flexibility index (Phi) is 8.30. The number of oxime groups is 1. The van der Waals surface area contributed by atoms with E-state index in [1.165, 1.54) is 19.2 Å². The van der Waals surface area contributed by atoms with E-state index in [0.29, 0.717) is 4.90 Å². The van der Waals surface area contributed by atoms with Gasteiger partial charge < -0.3 is 36.3 Å². The quantitative estimate of drug-likeness (QED) is 0.0698. The van der Waals surface area contributed by atoms with Crippen molar-refractivity contribution in [1.82, 2.24) is 20.1 Å². The number of halogens is 2. The van der Waals surface area contributed by atoms with Crippen molar-refractivity contribution in [1.29, 1.82) is 0 Å². The second kappa shape index (κ2) is 11.6. The third-order valence-corrected chi connectivity index (χ3v) is 9.74. The number of hydrogen-bond acceptors (Lipinski definition) is 14. The molecular weight excluding hydrogens is 695 g/mol. The molecule has 0 aliphatic carbocycles. The predicted octanol–water partition coefficient (Wildman–Crippen LogP) is 1.06. The first-order valence-electron chi connectivity index (χ1n) is 12.7. The van der Waals surface area contributed by atoms with Crippen LogP contribution in [0.15, 0.2) is 21.8 Å². The minimum Gasteiger partial charge on any atom is -0.503 e. The molecule has 0 spiro atoms. The maximum absolute atomic E-state index is 13.3. The minimum atomic E-state index is -1.84. The molecule has 7 N–H and O–H groups in total. The van der Waals surface area contributed by atoms with Crippen LogP contribution in [-0.2, 0) is 24.0 Å². The van der Waals surface area contributed by atoms with Crippen LogP contribution in [0.25, 0.3) is 0 Å². The van der Waals surface area contributed by atoms with Gasteiger partial charge in [-0.3, -0.25) is 29.0 Å². The second-order valence-electron chi connectivity index (χ2n) is 10.3. The van der Waals surface area contributed by atoms with Crippen LogP contribution < -0.4 is 11.1 Å². The number of anilines is 1. The number of aromatic hydroxyl groups is 2. The molecule has 0 bridgehead atoms. The van der Waals surface area contributed by atoms with Gasteiger partial charge in [-0.1, -0.05) is 28.4 Å². The summed E-state index contributed by atoms with van der Waals surface area (Å²) in [6.45, 7) is 1.76. The molecule has 1 saturated heterocycles. The summed E-state index contributed by atoms with van der Waals surface area (Å²) in [5.74, 6) is -8.79. The number of fused-ring (bicyclic) bond motifs is 2. The second-order valence-corrected chi connectivity index (χ2v) is 13.1. The van der Waals surface area contributed by atoms with Crippen LogP contribution in [0.5, 0.6) is 11.5 Å². The standard InChI is InChI=1S/C25H20Cl2N6O11S2/c1-25(2,23(42)43)44-31-12(7-5-46-24(28)29-7)17(36)30-13-20(39)33-14(22(40)41)6(4-45-21(13)33)3-32-18(37)8-9(19(32)38)11(27)16(35)15(34)10(8)26/h5,13,21,34-35H,3-4H2,1-2H3,(H2,28,29)(H,30,36)(H,40,41)(H,42,43)/b31-12-/t13-,21-/m1/s1. The maximum atomic E-state index is 13.3. The number of carbonyl (C=O) groups is 6. The van der Waals surface area contributed by atoms with E-state index in [1.807, 2.05) is 0 Å². The number of carboxylic acids is 2. The summed E-state index contributed by atoms with van der Waals surface area (Å²) in [7, 11) is 0. The molecule has 1 fully saturated rings. The number of aromatic nitrogens is 1. The first-order valence-corrected chi connectivity index (χ1v) is 15.4. The number of amides is 4. The molecule has 46 heavy (non-hydrogen) atoms. The molecule has 3 aliphatic heterocycles. The largest absolute Gasteiger partial charge is 0.503 e. The van der Waals surface area contributed by atoms with Gasteiger partial charge in [-0.15, -0.1) is 23.1 Å². The Hall–Kier alpha value is -4.59. The lowest BCUT2D eigenvalue weighted by molar-refractivity contribution is -0.161. The lowest BCUT2D eigenvalue weighted by Gasteiger charge is -2.49. The number of carbonyl (C=O) groups excluding carboxylic acids is 4. The molecule has 4 heterocycles. The third kappa shape index (κ3) is 5.23. The fourth-order valence-electron chi connectivity index (χ4n) is 4.58. The highest BCUT2D eigenvalue weighted by molar-refractivity contribution is 8.00. The van der Waals surface area contributed by atoms with Gasteiger partial charge in [0.1, 0.15) is 22.8 Å². The molecule has 1 aromatic heterocycles. The van der Waals surface area contributed by atoms with Crippen LogP contribution in [0.2, 0.25) is 10.0 Å². The number of nitrogens with one attached hydrogen (secondary N) is 1. The molecule has 5 rings (SSSR count). The zero-order chi connectivity index (χ0) is 34.0. The van der Waals surface area contributed by atoms with Crippen molar-refractivity contribution in [3.05, 3.63) is 43.5 Å². The molecule has 242 valence electrons. The fraction of sp³-hybridized carbons (Fsp3) is 0.280. The van der Waals surface area contributed by atoms with E-state index in [4.69, 9.17) is 33.8 Å². The molecule has 0 saturated carbocycles. The number of rotatable bonds is 9. The van der Waals surface area contributed by atoms with Crippen molar-refractivity contribution in [3.8, 4) is 11.5 Å². The van der Waals surface area contributed by atoms with E-state index in [0.717, 1.165) is 28.0 Å². The van der Waals surface area contributed by atoms with Crippen LogP contribution in [0.1, 0.15) is 40.3 Å². The number of thioether (sulfide) groups is 1. The van der Waals surface area contributed by atoms with E-state index in [-0.39, 0.29) is 22.2 Å². The summed E-state index contributed by atoms with van der Waals surface area (Å²) >= 11 is 14.0. The number of imide groups is 1. The number of thiazole rings is 1. The van der Waals surface area contributed by atoms with Gasteiger partial charge in [-0.2, -0.15) is 0 Å². The normalized spacial score (nSPS) is 19.6. The number of nitrogen functional groups attached to an aromatic ring is 1. The summed E-state index contributed by atoms with van der Waals surface area (Å²) in [4.78, 5) is 87.1. The molecule has 2 aromatic rings. The molecule has 4 amide bonds. The van der Waals surface area contributed by atoms with Crippen molar-refractivity contribution in [2.24, 2.45) is 5.16 Å². The van der Waals surface area contributed by atoms with Crippen molar-refractivity contribution in [3.63, 3.8) is 0 Å². The number of nitrogens with two attached hydrogens (primary N) is 1. The Morgan fingerprint density at radius 2 is 1.72 bits per heavy atom. The number of benzene rings is 1. The van der Waals surface area contributed by atoms with Gasteiger partial charge in [0.15, 0.2) is 22.3 Å². The smallest absolute Gasteiger partial charge is 0.352 e. The van der Waals surface area contributed by atoms with E-state index in [1.54, 1.807) is 0 Å². The molecule has 0 radical (unpaired) electrons. The Morgan fingerprint density at radius 1 is 1.13 bits per heavy atom. The van der Waals surface area contributed by atoms with Gasteiger partial charge in [-0.05, 0) is 19.4 Å². The highest BCUT2D eigenvalue weighted by atomic mass is 35.5. The van der Waals surface area contributed by atoms with Crippen molar-refractivity contribution in [2.45, 2.75) is 30.9 Å². The van der Waals surface area contributed by atoms with Crippen LogP contribution >= 0.6 is 46.3 Å². The van der Waals surface area contributed by atoms with Crippen molar-refractivity contribution in [2.75, 3.05) is 18.0 Å². The van der Waals surface area contributed by atoms with E-state index in [2.05, 4.69) is 15.5 Å². The molecule has 0 unspecified atom stereocenters. The van der Waals surface area contributed by atoms with Crippen LogP contribution in [0.4, 0.5) is 5.13 Å². The Bertz CT molecular complexity index is 1790. The van der Waals surface area contributed by atoms with Gasteiger partial charge in [0.2, 0.25) is 5.60 Å². The lowest BCUT2D eigenvalue weighted by atomic mass is 10.0. The molecule has 21 heteroatoms. The number of nitrogens with zero attached hydrogens (tertiary/aromatic N) is 4. The zero-order valence-electron chi connectivity index (χ0n) is 23.2. The maximum Gasteiger partial charge on any atom is 0.352 e. The van der Waals surface area contributed by atoms with Gasteiger partial charge in [-0.25, -0.2) is 14.6 Å². The first kappa shape index (κ1) is 32.8. The third-order valence-electron chi connectivity index (χ3n) is 6.99. The van der Waals surface area contributed by atoms with Gasteiger partial charge >= 0.3 is 11.9 Å². The number of phenols is 2. The highest BCUT2D eigenvalue weighted by Crippen LogP contribution is 2.48. The average Bonchev–Trinajstić information content (AvgIpc) is 3.53. The summed E-state index contributed by atoms with van der Waals surface area (Å²) in [6.07, 6.45) is 0. The molecule has 17 nitrogen and oxygen atoms in total. The van der Waals surface area contributed by atoms with E-state index in [9.17, 15) is 49.2 Å². The summed E-state index contributed by atoms with van der Waals surface area (Å²) in [5.41, 5.74) is 1.73. The van der Waals surface area contributed by atoms with Crippen LogP contribution in [-0.4, -0.2) is 106 Å². The SMILES string of the molecule is CC(C)(O/N=C(\C(=O)N[C@@H]1C(=O)N2C(C(=O)O)=C(CN3C(=O)c4c(Cl)c(O)c(O)c(Cl)c4C3=O)CS[C@H]12)c1csc(N)n1)C(=O)O. The number of aliphatic carboxylic acids is 2. The monoisotopic (exact) mass is 714 g/mol. The van der Waals surface area contributed by atoms with Crippen LogP contribution in [0, 0.1) is 0 Å². The van der Waals surface area contributed by atoms with Crippen molar-refractivity contribution < 1.29 is 54.0 Å². The Morgan fingerprint density at radius 3 is 2.22 bits per heavy atom. The number of β-lactam (4-membered cyclic amide) rings is 1. The van der Waals surface area contributed by atoms with E-state index < -0.39 is 103 Å². The summed E-state index contributed by atoms with van der Waals surface area (Å²) in [5, 5.41) is 44.7. The number of carboxylic acid groups (broad SMARTS) is 2. The van der Waals surface area contributed by atoms with Crippen molar-refractivity contribution >= 4 is 92.7 Å². The topological polar surface area (TPSA) is 262 Å². The van der Waals surface area contributed by atoms with Crippen LogP contribution in [0.3, 0.4) is 0 Å². The lowest BCUT2D eigenvalue weighted by Crippen LogP contribution is -2.71. The molecular formula is C25H20Cl2N6O11S2. The Labute approximate surface area is 275 Å². The molecule has 3 aliphatic rings. The Balaban J connectivity index is 1.39. The summed E-state index contributed by atoms with van der Waals surface area (Å²) < 4.78 is 0. The predicted molar refractivity (Wildman–Crippen MR) is 161 cm³/mol. The first-order chi connectivity index (χ1) is 21.5. The molecule has 2 atom stereocenters. The fourth-order valence-corrected chi connectivity index (χ4v) is 6.99. The zero-order valence-corrected chi connectivity index (χ0v) is 26.4. The van der Waals surface area contributed by atoms with E-state index >= 15 is 0 Å². The number of phenolic OH excluding ortho intramolecular Hbond substituents is 2. The number of hydrogen-bond donors (Lipinski definition) is 6.